The van der Waals surface area contributed by atoms with Gasteiger partial charge in [0, 0.05) is 24.5 Å². The minimum absolute atomic E-state index is 0.136. The van der Waals surface area contributed by atoms with Gasteiger partial charge < -0.3 is 11.1 Å². The van der Waals surface area contributed by atoms with Crippen LogP contribution in [0.3, 0.4) is 0 Å². The molecule has 0 bridgehead atoms. The van der Waals surface area contributed by atoms with Gasteiger partial charge in [0.2, 0.25) is 0 Å². The Morgan fingerprint density at radius 3 is 2.11 bits per heavy atom. The van der Waals surface area contributed by atoms with Crippen LogP contribution in [0.2, 0.25) is 0 Å². The summed E-state index contributed by atoms with van der Waals surface area (Å²) >= 11 is 0. The molecule has 0 aliphatic rings. The largest absolute Gasteiger partial charge is 0.327 e. The van der Waals surface area contributed by atoms with E-state index < -0.39 is 0 Å². The second-order valence-corrected chi connectivity index (χ2v) is 6.27. The number of benzene rings is 1. The molecule has 18 heavy (non-hydrogen) atoms. The summed E-state index contributed by atoms with van der Waals surface area (Å²) in [4.78, 5) is 0. The molecule has 0 aliphatic carbocycles. The highest BCUT2D eigenvalue weighted by Crippen LogP contribution is 2.29. The Bertz CT molecular complexity index is 383. The lowest BCUT2D eigenvalue weighted by atomic mass is 9.78. The van der Waals surface area contributed by atoms with Gasteiger partial charge in [-0.05, 0) is 44.4 Å². The second-order valence-electron chi connectivity index (χ2n) is 6.27. The Balaban J connectivity index is 2.90. The Morgan fingerprint density at radius 1 is 1.17 bits per heavy atom. The maximum atomic E-state index is 5.78. The Labute approximate surface area is 112 Å². The summed E-state index contributed by atoms with van der Waals surface area (Å²) in [5, 5.41) is 3.47. The highest BCUT2D eigenvalue weighted by molar-refractivity contribution is 5.42. The van der Waals surface area contributed by atoms with Gasteiger partial charge in [0.1, 0.15) is 0 Å². The maximum Gasteiger partial charge on any atom is 0.0136 e. The molecule has 1 aromatic carbocycles. The first-order chi connectivity index (χ1) is 8.24. The van der Waals surface area contributed by atoms with Crippen molar-refractivity contribution in [3.05, 3.63) is 34.4 Å². The molecule has 0 radical (unpaired) electrons. The van der Waals surface area contributed by atoms with E-state index in [1.807, 2.05) is 6.92 Å². The van der Waals surface area contributed by atoms with Crippen LogP contribution >= 0.6 is 0 Å². The van der Waals surface area contributed by atoms with E-state index >= 15 is 0 Å². The van der Waals surface area contributed by atoms with Gasteiger partial charge in [0.15, 0.2) is 0 Å². The van der Waals surface area contributed by atoms with Crippen LogP contribution in [-0.4, -0.2) is 19.1 Å². The SMILES string of the molecule is Cc1cc(C)c(C(C)(C)CNCC(C)N)c(C)c1. The van der Waals surface area contributed by atoms with Gasteiger partial charge in [-0.25, -0.2) is 0 Å². The quantitative estimate of drug-likeness (QED) is 0.841. The summed E-state index contributed by atoms with van der Waals surface area (Å²) in [5.74, 6) is 0. The molecule has 0 saturated carbocycles. The molecule has 0 spiro atoms. The Kier molecular flexibility index (Phi) is 4.94. The predicted octanol–water partition coefficient (Wildman–Crippen LogP) is 2.83. The van der Waals surface area contributed by atoms with E-state index in [0.29, 0.717) is 0 Å². The van der Waals surface area contributed by atoms with Crippen molar-refractivity contribution >= 4 is 0 Å². The first kappa shape index (κ1) is 15.2. The monoisotopic (exact) mass is 248 g/mol. The first-order valence-corrected chi connectivity index (χ1v) is 6.78. The van der Waals surface area contributed by atoms with Crippen LogP contribution in [0.15, 0.2) is 12.1 Å². The van der Waals surface area contributed by atoms with E-state index in [1.54, 1.807) is 0 Å². The molecule has 1 unspecified atom stereocenters. The summed E-state index contributed by atoms with van der Waals surface area (Å²) in [6.07, 6.45) is 0. The Morgan fingerprint density at radius 2 is 1.67 bits per heavy atom. The van der Waals surface area contributed by atoms with Gasteiger partial charge in [0.05, 0.1) is 0 Å². The van der Waals surface area contributed by atoms with Crippen LogP contribution in [0.25, 0.3) is 0 Å². The third-order valence-electron chi connectivity index (χ3n) is 3.39. The molecule has 0 fully saturated rings. The van der Waals surface area contributed by atoms with E-state index in [1.165, 1.54) is 22.3 Å². The highest BCUT2D eigenvalue weighted by atomic mass is 14.9. The third kappa shape index (κ3) is 3.82. The summed E-state index contributed by atoms with van der Waals surface area (Å²) < 4.78 is 0. The molecule has 1 atom stereocenters. The summed E-state index contributed by atoms with van der Waals surface area (Å²) in [5.41, 5.74) is 11.5. The average molecular weight is 248 g/mol. The van der Waals surface area contributed by atoms with E-state index in [2.05, 4.69) is 52.1 Å². The number of nitrogens with two attached hydrogens (primary N) is 1. The molecule has 0 heterocycles. The third-order valence-corrected chi connectivity index (χ3v) is 3.39. The molecule has 2 heteroatoms. The molecule has 0 saturated heterocycles. The minimum Gasteiger partial charge on any atom is -0.327 e. The van der Waals surface area contributed by atoms with Gasteiger partial charge in [-0.2, -0.15) is 0 Å². The standard InChI is InChI=1S/C16H28N2/c1-11-7-12(2)15(13(3)8-11)16(5,6)10-18-9-14(4)17/h7-8,14,18H,9-10,17H2,1-6H3. The number of rotatable bonds is 5. The number of aryl methyl sites for hydroxylation is 3. The van der Waals surface area contributed by atoms with Crippen LogP contribution in [0.1, 0.15) is 43.0 Å². The zero-order valence-corrected chi connectivity index (χ0v) is 12.7. The number of nitrogens with one attached hydrogen (secondary N) is 1. The number of hydrogen-bond donors (Lipinski definition) is 2. The summed E-state index contributed by atoms with van der Waals surface area (Å²) in [7, 11) is 0. The van der Waals surface area contributed by atoms with Crippen molar-refractivity contribution in [2.75, 3.05) is 13.1 Å². The van der Waals surface area contributed by atoms with Crippen LogP contribution in [-0.2, 0) is 5.41 Å². The second kappa shape index (κ2) is 5.85. The Hall–Kier alpha value is -0.860. The van der Waals surface area contributed by atoms with Gasteiger partial charge >= 0.3 is 0 Å². The van der Waals surface area contributed by atoms with Gasteiger partial charge in [0.25, 0.3) is 0 Å². The summed E-state index contributed by atoms with van der Waals surface area (Å²) in [6.45, 7) is 15.0. The van der Waals surface area contributed by atoms with Gasteiger partial charge in [-0.1, -0.05) is 31.5 Å². The van der Waals surface area contributed by atoms with Crippen molar-refractivity contribution in [2.24, 2.45) is 5.73 Å². The molecular weight excluding hydrogens is 220 g/mol. The summed E-state index contributed by atoms with van der Waals surface area (Å²) in [6, 6.07) is 4.76. The van der Waals surface area contributed by atoms with Crippen molar-refractivity contribution in [3.63, 3.8) is 0 Å². The molecule has 102 valence electrons. The van der Waals surface area contributed by atoms with Crippen molar-refractivity contribution < 1.29 is 0 Å². The normalized spacial score (nSPS) is 13.7. The van der Waals surface area contributed by atoms with Crippen LogP contribution in [0, 0.1) is 20.8 Å². The van der Waals surface area contributed by atoms with Crippen molar-refractivity contribution in [1.29, 1.82) is 0 Å². The van der Waals surface area contributed by atoms with Crippen LogP contribution in [0.4, 0.5) is 0 Å². The molecule has 1 rings (SSSR count). The number of hydrogen-bond acceptors (Lipinski definition) is 2. The zero-order chi connectivity index (χ0) is 13.9. The first-order valence-electron chi connectivity index (χ1n) is 6.78. The van der Waals surface area contributed by atoms with Crippen molar-refractivity contribution in [3.8, 4) is 0 Å². The molecule has 0 amide bonds. The lowest BCUT2D eigenvalue weighted by Crippen LogP contribution is -2.39. The molecule has 1 aromatic rings. The molecule has 3 N–H and O–H groups in total. The van der Waals surface area contributed by atoms with Crippen molar-refractivity contribution in [1.82, 2.24) is 5.32 Å². The predicted molar refractivity (Wildman–Crippen MR) is 80.2 cm³/mol. The van der Waals surface area contributed by atoms with Gasteiger partial charge in [-0.3, -0.25) is 0 Å². The topological polar surface area (TPSA) is 38.0 Å². The molecule has 0 aromatic heterocycles. The van der Waals surface area contributed by atoms with Crippen LogP contribution in [0.5, 0.6) is 0 Å². The van der Waals surface area contributed by atoms with Crippen LogP contribution < -0.4 is 11.1 Å². The van der Waals surface area contributed by atoms with E-state index in [9.17, 15) is 0 Å². The van der Waals surface area contributed by atoms with E-state index in [-0.39, 0.29) is 11.5 Å². The fourth-order valence-corrected chi connectivity index (χ4v) is 2.95. The van der Waals surface area contributed by atoms with Crippen molar-refractivity contribution in [2.45, 2.75) is 53.0 Å². The smallest absolute Gasteiger partial charge is 0.0136 e. The van der Waals surface area contributed by atoms with Gasteiger partial charge in [-0.15, -0.1) is 0 Å². The fourth-order valence-electron chi connectivity index (χ4n) is 2.95. The zero-order valence-electron chi connectivity index (χ0n) is 12.7. The molecular formula is C16H28N2. The highest BCUT2D eigenvalue weighted by Gasteiger charge is 2.24. The lowest BCUT2D eigenvalue weighted by molar-refractivity contribution is 0.455. The van der Waals surface area contributed by atoms with E-state index in [4.69, 9.17) is 5.73 Å². The average Bonchev–Trinajstić information content (AvgIpc) is 2.13. The lowest BCUT2D eigenvalue weighted by Gasteiger charge is -2.30. The van der Waals surface area contributed by atoms with E-state index in [0.717, 1.165) is 13.1 Å². The molecule has 0 aliphatic heterocycles. The maximum absolute atomic E-state index is 5.78. The minimum atomic E-state index is 0.136. The molecule has 2 nitrogen and oxygen atoms in total. The fraction of sp³-hybridized carbons (Fsp3) is 0.625.